The van der Waals surface area contributed by atoms with Crippen LogP contribution in [-0.4, -0.2) is 41.4 Å². The lowest BCUT2D eigenvalue weighted by Gasteiger charge is -2.29. The van der Waals surface area contributed by atoms with Crippen LogP contribution in [0.5, 0.6) is 11.5 Å². The Labute approximate surface area is 207 Å². The van der Waals surface area contributed by atoms with Crippen molar-refractivity contribution in [3.05, 3.63) is 52.6 Å². The van der Waals surface area contributed by atoms with Crippen LogP contribution in [0.2, 0.25) is 0 Å². The average Bonchev–Trinajstić information content (AvgIpc) is 3.57. The normalized spacial score (nSPS) is 27.6. The van der Waals surface area contributed by atoms with E-state index in [1.54, 1.807) is 18.2 Å². The van der Waals surface area contributed by atoms with Gasteiger partial charge < -0.3 is 20.5 Å². The highest BCUT2D eigenvalue weighted by atomic mass is 16.7. The van der Waals surface area contributed by atoms with Crippen LogP contribution in [0, 0.1) is 25.7 Å². The van der Waals surface area contributed by atoms with Gasteiger partial charge in [-0.3, -0.25) is 29.4 Å². The SMILES string of the molecule is Cc1ccc2c(c1C)NC(=O)[C@@]21N[C@H](CCC(N)=O)[C@H]2C(=O)N(Cc3ccc4c(c3)OCO4)C(=O)[C@@H]21. The molecule has 0 bridgehead atoms. The molecule has 6 rings (SSSR count). The summed E-state index contributed by atoms with van der Waals surface area (Å²) in [4.78, 5) is 54.1. The smallest absolute Gasteiger partial charge is 0.250 e. The number of aryl methyl sites for hydroxylation is 1. The first-order valence-corrected chi connectivity index (χ1v) is 11.9. The summed E-state index contributed by atoms with van der Waals surface area (Å²) in [6, 6.07) is 8.46. The molecule has 10 nitrogen and oxygen atoms in total. The van der Waals surface area contributed by atoms with E-state index in [9.17, 15) is 19.2 Å². The summed E-state index contributed by atoms with van der Waals surface area (Å²) < 4.78 is 10.8. The molecule has 2 saturated heterocycles. The van der Waals surface area contributed by atoms with Crippen molar-refractivity contribution < 1.29 is 28.7 Å². The molecule has 1 spiro atoms. The molecule has 4 heterocycles. The number of hydrogen-bond acceptors (Lipinski definition) is 7. The van der Waals surface area contributed by atoms with Crippen molar-refractivity contribution in [2.45, 2.75) is 44.8 Å². The lowest BCUT2D eigenvalue weighted by molar-refractivity contribution is -0.143. The minimum Gasteiger partial charge on any atom is -0.454 e. The number of carbonyl (C=O) groups excluding carboxylic acids is 4. The summed E-state index contributed by atoms with van der Waals surface area (Å²) in [5.41, 5.74) is 7.93. The van der Waals surface area contributed by atoms with E-state index >= 15 is 0 Å². The van der Waals surface area contributed by atoms with Gasteiger partial charge in [0.05, 0.1) is 18.4 Å². The van der Waals surface area contributed by atoms with Gasteiger partial charge >= 0.3 is 0 Å². The highest BCUT2D eigenvalue weighted by Crippen LogP contribution is 2.54. The van der Waals surface area contributed by atoms with Crippen LogP contribution < -0.4 is 25.8 Å². The monoisotopic (exact) mass is 490 g/mol. The largest absolute Gasteiger partial charge is 0.454 e. The number of ether oxygens (including phenoxy) is 2. The standard InChI is InChI=1S/C26H26N4O6/c1-12-3-5-15-22(13(12)2)28-25(34)26(15)21-20(16(29-26)6-8-19(27)31)23(32)30(24(21)33)10-14-4-7-17-18(9-14)36-11-35-17/h3-5,7,9,16,20-21,29H,6,8,10-11H2,1-2H3,(H2,27,31)(H,28,34)/t16-,20-,21-,26-/m1/s1. The van der Waals surface area contributed by atoms with Gasteiger partial charge in [0.1, 0.15) is 5.54 Å². The van der Waals surface area contributed by atoms with Gasteiger partial charge in [0.2, 0.25) is 30.4 Å². The van der Waals surface area contributed by atoms with Gasteiger partial charge in [0, 0.05) is 23.7 Å². The van der Waals surface area contributed by atoms with Gasteiger partial charge in [-0.15, -0.1) is 0 Å². The fraction of sp³-hybridized carbons (Fsp3) is 0.385. The molecule has 0 unspecified atom stereocenters. The van der Waals surface area contributed by atoms with Crippen LogP contribution in [0.15, 0.2) is 30.3 Å². The lowest BCUT2D eigenvalue weighted by atomic mass is 9.76. The zero-order valence-corrected chi connectivity index (χ0v) is 19.9. The molecule has 10 heteroatoms. The topological polar surface area (TPSA) is 140 Å². The molecule has 4 aliphatic heterocycles. The fourth-order valence-electron chi connectivity index (χ4n) is 6.10. The number of nitrogens with one attached hydrogen (secondary N) is 2. The number of benzene rings is 2. The Balaban J connectivity index is 1.41. The third kappa shape index (κ3) is 3.00. The summed E-state index contributed by atoms with van der Waals surface area (Å²) in [6.45, 7) is 4.03. The van der Waals surface area contributed by atoms with E-state index in [1.807, 2.05) is 26.0 Å². The number of amides is 4. The second-order valence-corrected chi connectivity index (χ2v) is 9.90. The predicted molar refractivity (Wildman–Crippen MR) is 127 cm³/mol. The first-order valence-electron chi connectivity index (χ1n) is 11.9. The molecule has 4 aliphatic rings. The molecule has 4 amide bonds. The summed E-state index contributed by atoms with van der Waals surface area (Å²) in [5, 5.41) is 6.29. The minimum atomic E-state index is -1.41. The second-order valence-electron chi connectivity index (χ2n) is 9.90. The van der Waals surface area contributed by atoms with Gasteiger partial charge in [0.25, 0.3) is 0 Å². The van der Waals surface area contributed by atoms with Crippen molar-refractivity contribution in [1.82, 2.24) is 10.2 Å². The lowest BCUT2D eigenvalue weighted by Crippen LogP contribution is -2.53. The number of imide groups is 1. The molecule has 186 valence electrons. The minimum absolute atomic E-state index is 0.0298. The van der Waals surface area contributed by atoms with E-state index < -0.39 is 35.2 Å². The fourth-order valence-corrected chi connectivity index (χ4v) is 6.10. The van der Waals surface area contributed by atoms with Crippen LogP contribution in [0.25, 0.3) is 0 Å². The Morgan fingerprint density at radius 2 is 1.89 bits per heavy atom. The number of anilines is 1. The second kappa shape index (κ2) is 7.79. The Morgan fingerprint density at radius 1 is 1.11 bits per heavy atom. The molecule has 2 fully saturated rings. The Morgan fingerprint density at radius 3 is 2.67 bits per heavy atom. The molecule has 0 aliphatic carbocycles. The number of primary amides is 1. The maximum Gasteiger partial charge on any atom is 0.250 e. The van der Waals surface area contributed by atoms with Crippen LogP contribution in [0.4, 0.5) is 5.69 Å². The van der Waals surface area contributed by atoms with E-state index in [4.69, 9.17) is 15.2 Å². The number of rotatable bonds is 5. The van der Waals surface area contributed by atoms with Crippen molar-refractivity contribution in [2.75, 3.05) is 12.1 Å². The van der Waals surface area contributed by atoms with Crippen molar-refractivity contribution >= 4 is 29.3 Å². The zero-order valence-electron chi connectivity index (χ0n) is 19.9. The van der Waals surface area contributed by atoms with Crippen molar-refractivity contribution in [1.29, 1.82) is 0 Å². The molecule has 4 atom stereocenters. The number of hydrogen-bond donors (Lipinski definition) is 3. The van der Waals surface area contributed by atoms with E-state index in [0.29, 0.717) is 28.3 Å². The molecular formula is C26H26N4O6. The van der Waals surface area contributed by atoms with Crippen LogP contribution in [-0.2, 0) is 31.3 Å². The summed E-state index contributed by atoms with van der Waals surface area (Å²) in [5.74, 6) is -2.25. The van der Waals surface area contributed by atoms with E-state index in [-0.39, 0.29) is 38.0 Å². The van der Waals surface area contributed by atoms with Crippen molar-refractivity contribution in [3.8, 4) is 11.5 Å². The summed E-state index contributed by atoms with van der Waals surface area (Å²) >= 11 is 0. The maximum absolute atomic E-state index is 13.9. The highest BCUT2D eigenvalue weighted by Gasteiger charge is 2.70. The van der Waals surface area contributed by atoms with Crippen molar-refractivity contribution in [2.24, 2.45) is 17.6 Å². The van der Waals surface area contributed by atoms with Gasteiger partial charge in [-0.25, -0.2) is 0 Å². The Bertz CT molecular complexity index is 1360. The zero-order chi connectivity index (χ0) is 25.4. The quantitative estimate of drug-likeness (QED) is 0.536. The number of likely N-dealkylation sites (tertiary alicyclic amines) is 1. The third-order valence-electron chi connectivity index (χ3n) is 7.99. The molecule has 2 aromatic rings. The Kier molecular flexibility index (Phi) is 4.88. The number of fused-ring (bicyclic) bond motifs is 5. The number of carbonyl (C=O) groups is 4. The molecule has 36 heavy (non-hydrogen) atoms. The Hall–Kier alpha value is -3.92. The average molecular weight is 491 g/mol. The predicted octanol–water partition coefficient (Wildman–Crippen LogP) is 1.22. The van der Waals surface area contributed by atoms with Gasteiger partial charge in [-0.05, 0) is 49.1 Å². The molecular weight excluding hydrogens is 464 g/mol. The van der Waals surface area contributed by atoms with E-state index in [0.717, 1.165) is 11.1 Å². The molecule has 0 saturated carbocycles. The van der Waals surface area contributed by atoms with Gasteiger partial charge in [-0.1, -0.05) is 18.2 Å². The molecule has 0 aromatic heterocycles. The first kappa shape index (κ1) is 22.5. The van der Waals surface area contributed by atoms with Gasteiger partial charge in [-0.2, -0.15) is 0 Å². The van der Waals surface area contributed by atoms with Crippen LogP contribution in [0.3, 0.4) is 0 Å². The summed E-state index contributed by atoms with van der Waals surface area (Å²) in [7, 11) is 0. The number of nitrogens with zero attached hydrogens (tertiary/aromatic N) is 1. The third-order valence-corrected chi connectivity index (χ3v) is 7.99. The molecule has 2 aromatic carbocycles. The van der Waals surface area contributed by atoms with Gasteiger partial charge in [0.15, 0.2) is 11.5 Å². The first-order chi connectivity index (χ1) is 17.2. The highest BCUT2D eigenvalue weighted by molar-refractivity contribution is 6.15. The maximum atomic E-state index is 13.9. The van der Waals surface area contributed by atoms with Crippen LogP contribution in [0.1, 0.15) is 35.1 Å². The van der Waals surface area contributed by atoms with E-state index in [2.05, 4.69) is 10.6 Å². The van der Waals surface area contributed by atoms with Crippen molar-refractivity contribution in [3.63, 3.8) is 0 Å². The molecule has 4 N–H and O–H groups in total. The van der Waals surface area contributed by atoms with E-state index in [1.165, 1.54) is 4.90 Å². The summed E-state index contributed by atoms with van der Waals surface area (Å²) in [6.07, 6.45) is 0.268. The number of nitrogens with two attached hydrogens (primary N) is 1. The molecule has 0 radical (unpaired) electrons. The van der Waals surface area contributed by atoms with Crippen LogP contribution >= 0.6 is 0 Å².